The summed E-state index contributed by atoms with van der Waals surface area (Å²) in [6.45, 7) is 4.67. The minimum atomic E-state index is -0.270. The number of hydrogen-bond acceptors (Lipinski definition) is 5. The van der Waals surface area contributed by atoms with Crippen LogP contribution in [0, 0.1) is 0 Å². The standard InChI is InChI=1S/C22H22N4O2/c1-3-28-18-10-8-17(9-11-18)24-21(27)19-12-13-23-22(25-19)26-15(2)14-16-6-4-5-7-20(16)26/h4-13,15H,3,14H2,1-2H3,(H,24,27). The molecule has 0 spiro atoms. The highest BCUT2D eigenvalue weighted by Gasteiger charge is 2.29. The van der Waals surface area contributed by atoms with Gasteiger partial charge >= 0.3 is 0 Å². The molecule has 0 saturated carbocycles. The van der Waals surface area contributed by atoms with Crippen LogP contribution in [0.2, 0.25) is 0 Å². The van der Waals surface area contributed by atoms with Gasteiger partial charge in [0.25, 0.3) is 5.91 Å². The van der Waals surface area contributed by atoms with Crippen LogP contribution in [-0.2, 0) is 6.42 Å². The van der Waals surface area contributed by atoms with Crippen LogP contribution in [0.15, 0.2) is 60.8 Å². The Hall–Kier alpha value is -3.41. The fourth-order valence-corrected chi connectivity index (χ4v) is 3.46. The van der Waals surface area contributed by atoms with Gasteiger partial charge in [0.2, 0.25) is 5.95 Å². The predicted octanol–water partition coefficient (Wildman–Crippen LogP) is 4.21. The summed E-state index contributed by atoms with van der Waals surface area (Å²) in [7, 11) is 0. The molecule has 1 aliphatic heterocycles. The Labute approximate surface area is 164 Å². The van der Waals surface area contributed by atoms with Gasteiger partial charge in [-0.15, -0.1) is 0 Å². The first-order valence-electron chi connectivity index (χ1n) is 9.40. The second-order valence-corrected chi connectivity index (χ2v) is 6.71. The van der Waals surface area contributed by atoms with Crippen molar-refractivity contribution in [2.45, 2.75) is 26.3 Å². The monoisotopic (exact) mass is 374 g/mol. The van der Waals surface area contributed by atoms with Crippen molar-refractivity contribution in [3.8, 4) is 5.75 Å². The maximum absolute atomic E-state index is 12.7. The van der Waals surface area contributed by atoms with E-state index in [9.17, 15) is 4.79 Å². The van der Waals surface area contributed by atoms with Crippen LogP contribution in [0.5, 0.6) is 5.75 Å². The lowest BCUT2D eigenvalue weighted by Gasteiger charge is -2.22. The smallest absolute Gasteiger partial charge is 0.274 e. The summed E-state index contributed by atoms with van der Waals surface area (Å²) < 4.78 is 5.42. The third-order valence-electron chi connectivity index (χ3n) is 4.72. The van der Waals surface area contributed by atoms with Crippen LogP contribution in [0.25, 0.3) is 0 Å². The van der Waals surface area contributed by atoms with Gasteiger partial charge in [-0.2, -0.15) is 0 Å². The fourth-order valence-electron chi connectivity index (χ4n) is 3.46. The Morgan fingerprint density at radius 2 is 1.96 bits per heavy atom. The van der Waals surface area contributed by atoms with Gasteiger partial charge in [-0.25, -0.2) is 9.97 Å². The molecule has 142 valence electrons. The topological polar surface area (TPSA) is 67.3 Å². The Morgan fingerprint density at radius 3 is 2.75 bits per heavy atom. The second-order valence-electron chi connectivity index (χ2n) is 6.71. The molecule has 0 bridgehead atoms. The number of hydrogen-bond donors (Lipinski definition) is 1. The number of anilines is 3. The van der Waals surface area contributed by atoms with Gasteiger partial charge in [-0.3, -0.25) is 4.79 Å². The molecule has 1 unspecified atom stereocenters. The number of carbonyl (C=O) groups excluding carboxylic acids is 1. The lowest BCUT2D eigenvalue weighted by molar-refractivity contribution is 0.102. The lowest BCUT2D eigenvalue weighted by Crippen LogP contribution is -2.26. The molecule has 2 aromatic carbocycles. The predicted molar refractivity (Wildman–Crippen MR) is 109 cm³/mol. The maximum Gasteiger partial charge on any atom is 0.274 e. The van der Waals surface area contributed by atoms with Crippen LogP contribution in [-0.4, -0.2) is 28.5 Å². The highest BCUT2D eigenvalue weighted by atomic mass is 16.5. The van der Waals surface area contributed by atoms with E-state index >= 15 is 0 Å². The number of nitrogens with one attached hydrogen (secondary N) is 1. The summed E-state index contributed by atoms with van der Waals surface area (Å²) in [6.07, 6.45) is 2.56. The Bertz CT molecular complexity index is 988. The van der Waals surface area contributed by atoms with E-state index in [1.54, 1.807) is 12.3 Å². The van der Waals surface area contributed by atoms with Crippen molar-refractivity contribution in [2.24, 2.45) is 0 Å². The number of carbonyl (C=O) groups is 1. The Kier molecular flexibility index (Phi) is 4.93. The minimum absolute atomic E-state index is 0.238. The van der Waals surface area contributed by atoms with E-state index in [-0.39, 0.29) is 11.9 Å². The molecule has 0 fully saturated rings. The summed E-state index contributed by atoms with van der Waals surface area (Å²) in [6, 6.07) is 17.4. The molecule has 6 nitrogen and oxygen atoms in total. The third-order valence-corrected chi connectivity index (χ3v) is 4.72. The molecule has 4 rings (SSSR count). The molecule has 3 aromatic rings. The van der Waals surface area contributed by atoms with E-state index in [1.807, 2.05) is 43.3 Å². The molecular formula is C22H22N4O2. The van der Waals surface area contributed by atoms with E-state index in [4.69, 9.17) is 4.74 Å². The quantitative estimate of drug-likeness (QED) is 0.725. The Balaban J connectivity index is 1.54. The summed E-state index contributed by atoms with van der Waals surface area (Å²) >= 11 is 0. The molecule has 1 aromatic heterocycles. The second kappa shape index (κ2) is 7.68. The van der Waals surface area contributed by atoms with Gasteiger partial charge in [-0.05, 0) is 62.2 Å². The summed E-state index contributed by atoms with van der Waals surface area (Å²) in [4.78, 5) is 23.7. The van der Waals surface area contributed by atoms with Crippen molar-refractivity contribution in [1.82, 2.24) is 9.97 Å². The van der Waals surface area contributed by atoms with Crippen LogP contribution in [0.1, 0.15) is 29.9 Å². The number of rotatable bonds is 5. The number of fused-ring (bicyclic) bond motifs is 1. The van der Waals surface area contributed by atoms with Crippen molar-refractivity contribution >= 4 is 23.2 Å². The van der Waals surface area contributed by atoms with Gasteiger partial charge in [0, 0.05) is 23.6 Å². The van der Waals surface area contributed by atoms with Crippen molar-refractivity contribution in [3.05, 3.63) is 72.1 Å². The summed E-state index contributed by atoms with van der Waals surface area (Å²) in [5.74, 6) is 1.04. The van der Waals surface area contributed by atoms with Crippen LogP contribution in [0.4, 0.5) is 17.3 Å². The van der Waals surface area contributed by atoms with E-state index in [1.165, 1.54) is 5.56 Å². The lowest BCUT2D eigenvalue weighted by atomic mass is 10.1. The van der Waals surface area contributed by atoms with Crippen molar-refractivity contribution in [3.63, 3.8) is 0 Å². The molecule has 1 aliphatic rings. The van der Waals surface area contributed by atoms with Gasteiger partial charge in [0.1, 0.15) is 11.4 Å². The first kappa shape index (κ1) is 18.0. The van der Waals surface area contributed by atoms with E-state index < -0.39 is 0 Å². The summed E-state index contributed by atoms with van der Waals surface area (Å²) in [5, 5.41) is 2.87. The fraction of sp³-hybridized carbons (Fsp3) is 0.227. The zero-order valence-electron chi connectivity index (χ0n) is 15.9. The van der Waals surface area contributed by atoms with Gasteiger partial charge in [0.05, 0.1) is 6.61 Å². The molecule has 1 atom stereocenters. The summed E-state index contributed by atoms with van der Waals surface area (Å²) in [5.41, 5.74) is 3.38. The molecule has 1 N–H and O–H groups in total. The van der Waals surface area contributed by atoms with Crippen LogP contribution < -0.4 is 15.0 Å². The molecule has 28 heavy (non-hydrogen) atoms. The third kappa shape index (κ3) is 3.53. The highest BCUT2D eigenvalue weighted by Crippen LogP contribution is 2.36. The molecule has 0 radical (unpaired) electrons. The molecule has 0 saturated heterocycles. The minimum Gasteiger partial charge on any atom is -0.494 e. The first-order valence-corrected chi connectivity index (χ1v) is 9.40. The normalized spacial score (nSPS) is 15.2. The molecule has 1 amide bonds. The molecule has 0 aliphatic carbocycles. The number of ether oxygens (including phenoxy) is 1. The molecule has 6 heteroatoms. The van der Waals surface area contributed by atoms with Crippen LogP contribution in [0.3, 0.4) is 0 Å². The zero-order chi connectivity index (χ0) is 19.5. The zero-order valence-corrected chi connectivity index (χ0v) is 15.9. The van der Waals surface area contributed by atoms with Crippen molar-refractivity contribution in [2.75, 3.05) is 16.8 Å². The number of amides is 1. The van der Waals surface area contributed by atoms with Crippen LogP contribution >= 0.6 is 0 Å². The van der Waals surface area contributed by atoms with Crippen molar-refractivity contribution < 1.29 is 9.53 Å². The highest BCUT2D eigenvalue weighted by molar-refractivity contribution is 6.03. The van der Waals surface area contributed by atoms with Gasteiger partial charge < -0.3 is 15.0 Å². The van der Waals surface area contributed by atoms with Crippen molar-refractivity contribution in [1.29, 1.82) is 0 Å². The molecular weight excluding hydrogens is 352 g/mol. The number of benzene rings is 2. The first-order chi connectivity index (χ1) is 13.7. The van der Waals surface area contributed by atoms with Gasteiger partial charge in [0.15, 0.2) is 0 Å². The number of aromatic nitrogens is 2. The van der Waals surface area contributed by atoms with E-state index in [2.05, 4.69) is 39.2 Å². The number of para-hydroxylation sites is 1. The Morgan fingerprint density at radius 1 is 1.18 bits per heavy atom. The largest absolute Gasteiger partial charge is 0.494 e. The maximum atomic E-state index is 12.7. The average molecular weight is 374 g/mol. The SMILES string of the molecule is CCOc1ccc(NC(=O)c2ccnc(N3c4ccccc4CC3C)n2)cc1. The average Bonchev–Trinajstić information content (AvgIpc) is 3.05. The molecule has 2 heterocycles. The van der Waals surface area contributed by atoms with Gasteiger partial charge in [-0.1, -0.05) is 18.2 Å². The van der Waals surface area contributed by atoms with E-state index in [0.717, 1.165) is 17.9 Å². The number of nitrogens with zero attached hydrogens (tertiary/aromatic N) is 3. The van der Waals surface area contributed by atoms with E-state index in [0.29, 0.717) is 23.9 Å².